The molecule has 1 aliphatic rings. The molecule has 1 heterocycles. The molecule has 0 N–H and O–H groups in total. The maximum Gasteiger partial charge on any atom is 0.351 e. The lowest BCUT2D eigenvalue weighted by molar-refractivity contribution is -0.157. The van der Waals surface area contributed by atoms with Gasteiger partial charge in [0.2, 0.25) is 12.0 Å². The van der Waals surface area contributed by atoms with E-state index in [1.807, 2.05) is 0 Å². The molecule has 0 aromatic rings. The molecule has 1 aliphatic heterocycles. The molecule has 0 aromatic carbocycles. The summed E-state index contributed by atoms with van der Waals surface area (Å²) in [7, 11) is 0. The Hall–Kier alpha value is -1.26. The largest absolute Gasteiger partial charge is 0.463 e. The lowest BCUT2D eigenvalue weighted by atomic mass is 10.4. The van der Waals surface area contributed by atoms with Crippen molar-refractivity contribution < 1.29 is 19.1 Å². The molecule has 1 rings (SSSR count). The predicted octanol–water partition coefficient (Wildman–Crippen LogP) is 0.298. The van der Waals surface area contributed by atoms with Crippen molar-refractivity contribution >= 4 is 11.9 Å². The van der Waals surface area contributed by atoms with E-state index in [2.05, 4.69) is 5.16 Å². The maximum absolute atomic E-state index is 11.1. The van der Waals surface area contributed by atoms with Gasteiger partial charge in [-0.3, -0.25) is 0 Å². The number of rotatable bonds is 2. The van der Waals surface area contributed by atoms with Gasteiger partial charge in [0.25, 0.3) is 0 Å². The Labute approximate surface area is 70.3 Å². The summed E-state index contributed by atoms with van der Waals surface area (Å²) >= 11 is 0. The van der Waals surface area contributed by atoms with Gasteiger partial charge in [0.05, 0.1) is 6.61 Å². The average Bonchev–Trinajstić information content (AvgIpc) is 2.05. The lowest BCUT2D eigenvalue weighted by Gasteiger charge is -2.19. The summed E-state index contributed by atoms with van der Waals surface area (Å²) in [6.07, 6.45) is -0.664. The van der Waals surface area contributed by atoms with Crippen LogP contribution in [-0.4, -0.2) is 31.2 Å². The first-order valence-corrected chi connectivity index (χ1v) is 3.74. The zero-order valence-electron chi connectivity index (χ0n) is 7.07. The van der Waals surface area contributed by atoms with Crippen LogP contribution in [-0.2, 0) is 19.1 Å². The fourth-order valence-corrected chi connectivity index (χ4v) is 0.809. The second kappa shape index (κ2) is 3.94. The summed E-state index contributed by atoms with van der Waals surface area (Å²) in [4.78, 5) is 15.8. The number of hydrogen-bond donors (Lipinski definition) is 0. The summed E-state index contributed by atoms with van der Waals surface area (Å²) in [6, 6.07) is 0. The monoisotopic (exact) mass is 173 g/mol. The van der Waals surface area contributed by atoms with Crippen LogP contribution >= 0.6 is 0 Å². The molecular weight excluding hydrogens is 162 g/mol. The van der Waals surface area contributed by atoms with Gasteiger partial charge < -0.3 is 14.3 Å². The van der Waals surface area contributed by atoms with Crippen molar-refractivity contribution in [2.24, 2.45) is 5.16 Å². The summed E-state index contributed by atoms with van der Waals surface area (Å²) in [5, 5.41) is 3.51. The van der Waals surface area contributed by atoms with E-state index in [9.17, 15) is 4.79 Å². The van der Waals surface area contributed by atoms with Crippen molar-refractivity contribution in [2.75, 3.05) is 13.2 Å². The Morgan fingerprint density at radius 3 is 3.17 bits per heavy atom. The van der Waals surface area contributed by atoms with Gasteiger partial charge in [-0.05, 0) is 6.92 Å². The quantitative estimate of drug-likeness (QED) is 0.563. The summed E-state index contributed by atoms with van der Waals surface area (Å²) in [5.41, 5.74) is 0. The highest BCUT2D eigenvalue weighted by atomic mass is 16.7. The zero-order chi connectivity index (χ0) is 8.97. The van der Waals surface area contributed by atoms with E-state index in [0.717, 1.165) is 0 Å². The highest BCUT2D eigenvalue weighted by molar-refractivity contribution is 5.81. The Morgan fingerprint density at radius 1 is 1.83 bits per heavy atom. The summed E-state index contributed by atoms with van der Waals surface area (Å²) in [6.45, 7) is 3.82. The SMILES string of the molecule is CCOC(=O)C1CON=C(C)O1. The Balaban J connectivity index is 2.43. The van der Waals surface area contributed by atoms with Gasteiger partial charge in [0, 0.05) is 6.92 Å². The van der Waals surface area contributed by atoms with E-state index in [-0.39, 0.29) is 6.61 Å². The zero-order valence-corrected chi connectivity index (χ0v) is 7.07. The molecule has 0 spiro atoms. The lowest BCUT2D eigenvalue weighted by Crippen LogP contribution is -2.35. The third-order valence-corrected chi connectivity index (χ3v) is 1.28. The van der Waals surface area contributed by atoms with Crippen LogP contribution in [0.5, 0.6) is 0 Å². The fourth-order valence-electron chi connectivity index (χ4n) is 0.809. The number of carbonyl (C=O) groups is 1. The summed E-state index contributed by atoms with van der Waals surface area (Å²) in [5.74, 6) is -0.0638. The number of nitrogens with zero attached hydrogens (tertiary/aromatic N) is 1. The highest BCUT2D eigenvalue weighted by Crippen LogP contribution is 2.04. The van der Waals surface area contributed by atoms with E-state index in [1.165, 1.54) is 0 Å². The molecular formula is C7H11NO4. The molecule has 0 bridgehead atoms. The number of oxime groups is 1. The van der Waals surface area contributed by atoms with Gasteiger partial charge in [0.15, 0.2) is 6.61 Å². The second-order valence-corrected chi connectivity index (χ2v) is 2.26. The third-order valence-electron chi connectivity index (χ3n) is 1.28. The van der Waals surface area contributed by atoms with Crippen LogP contribution in [0.1, 0.15) is 13.8 Å². The van der Waals surface area contributed by atoms with Crippen LogP contribution in [0.4, 0.5) is 0 Å². The van der Waals surface area contributed by atoms with Gasteiger partial charge in [-0.15, -0.1) is 0 Å². The van der Waals surface area contributed by atoms with Crippen LogP contribution in [0, 0.1) is 0 Å². The first-order valence-electron chi connectivity index (χ1n) is 3.74. The molecule has 0 radical (unpaired) electrons. The van der Waals surface area contributed by atoms with E-state index in [0.29, 0.717) is 12.5 Å². The van der Waals surface area contributed by atoms with Crippen LogP contribution in [0.25, 0.3) is 0 Å². The standard InChI is InChI=1S/C7H11NO4/c1-3-10-7(9)6-4-11-8-5(2)12-6/h6H,3-4H2,1-2H3. The third kappa shape index (κ3) is 2.11. The molecule has 5 nitrogen and oxygen atoms in total. The number of hydrogen-bond acceptors (Lipinski definition) is 5. The average molecular weight is 173 g/mol. The molecule has 68 valence electrons. The normalized spacial score (nSPS) is 21.8. The molecule has 0 fully saturated rings. The number of esters is 1. The Kier molecular flexibility index (Phi) is 2.90. The maximum atomic E-state index is 11.1. The molecule has 1 unspecified atom stereocenters. The van der Waals surface area contributed by atoms with Gasteiger partial charge in [-0.25, -0.2) is 4.79 Å². The molecule has 0 saturated heterocycles. The molecule has 12 heavy (non-hydrogen) atoms. The van der Waals surface area contributed by atoms with Crippen molar-refractivity contribution in [1.29, 1.82) is 0 Å². The Bertz CT molecular complexity index is 202. The molecule has 5 heteroatoms. The van der Waals surface area contributed by atoms with E-state index in [4.69, 9.17) is 14.3 Å². The topological polar surface area (TPSA) is 57.1 Å². The smallest absolute Gasteiger partial charge is 0.351 e. The fraction of sp³-hybridized carbons (Fsp3) is 0.714. The van der Waals surface area contributed by atoms with Crippen molar-refractivity contribution in [1.82, 2.24) is 0 Å². The molecule has 0 saturated carbocycles. The minimum atomic E-state index is -0.664. The van der Waals surface area contributed by atoms with Crippen molar-refractivity contribution in [3.05, 3.63) is 0 Å². The van der Waals surface area contributed by atoms with Crippen molar-refractivity contribution in [3.63, 3.8) is 0 Å². The van der Waals surface area contributed by atoms with Gasteiger partial charge in [0.1, 0.15) is 0 Å². The second-order valence-electron chi connectivity index (χ2n) is 2.26. The first-order chi connectivity index (χ1) is 5.74. The predicted molar refractivity (Wildman–Crippen MR) is 40.6 cm³/mol. The van der Waals surface area contributed by atoms with Gasteiger partial charge >= 0.3 is 5.97 Å². The first kappa shape index (κ1) is 8.83. The van der Waals surface area contributed by atoms with Crippen LogP contribution < -0.4 is 0 Å². The molecule has 1 atom stereocenters. The molecule has 0 amide bonds. The minimum absolute atomic E-state index is 0.121. The van der Waals surface area contributed by atoms with Crippen LogP contribution in [0.3, 0.4) is 0 Å². The molecule has 0 aliphatic carbocycles. The number of carbonyl (C=O) groups excluding carboxylic acids is 1. The van der Waals surface area contributed by atoms with E-state index < -0.39 is 12.1 Å². The molecule has 0 aromatic heterocycles. The van der Waals surface area contributed by atoms with Crippen molar-refractivity contribution in [2.45, 2.75) is 20.0 Å². The van der Waals surface area contributed by atoms with Crippen LogP contribution in [0.15, 0.2) is 5.16 Å². The van der Waals surface area contributed by atoms with Crippen molar-refractivity contribution in [3.8, 4) is 0 Å². The van der Waals surface area contributed by atoms with Crippen LogP contribution in [0.2, 0.25) is 0 Å². The summed E-state index contributed by atoms with van der Waals surface area (Å²) < 4.78 is 9.78. The van der Waals surface area contributed by atoms with Gasteiger partial charge in [-0.2, -0.15) is 0 Å². The van der Waals surface area contributed by atoms with E-state index in [1.54, 1.807) is 13.8 Å². The van der Waals surface area contributed by atoms with E-state index >= 15 is 0 Å². The van der Waals surface area contributed by atoms with Gasteiger partial charge in [-0.1, -0.05) is 5.16 Å². The number of ether oxygens (including phenoxy) is 2. The highest BCUT2D eigenvalue weighted by Gasteiger charge is 2.26. The Morgan fingerprint density at radius 2 is 2.58 bits per heavy atom. The minimum Gasteiger partial charge on any atom is -0.463 e.